The Labute approximate surface area is 197 Å². The number of hydrogen-bond acceptors (Lipinski definition) is 10. The van der Waals surface area contributed by atoms with E-state index in [-0.39, 0.29) is 37.0 Å². The van der Waals surface area contributed by atoms with Crippen molar-refractivity contribution in [3.63, 3.8) is 0 Å². The van der Waals surface area contributed by atoms with Gasteiger partial charge in [-0.05, 0) is 11.6 Å². The number of benzene rings is 1. The lowest BCUT2D eigenvalue weighted by molar-refractivity contribution is -0.387. The summed E-state index contributed by atoms with van der Waals surface area (Å²) in [7, 11) is 0. The van der Waals surface area contributed by atoms with Gasteiger partial charge in [0.2, 0.25) is 6.29 Å². The molecule has 1 aromatic carbocycles. The highest BCUT2D eigenvalue weighted by atomic mass is 35.5. The lowest BCUT2D eigenvalue weighted by atomic mass is 9.99. The highest BCUT2D eigenvalue weighted by molar-refractivity contribution is 6.18. The molecular weight excluding hydrogens is 491 g/mol. The number of carboxylic acid groups (broad SMARTS) is 1. The first-order chi connectivity index (χ1) is 15.6. The van der Waals surface area contributed by atoms with Gasteiger partial charge in [-0.25, -0.2) is 9.59 Å². The number of ether oxygens (including phenoxy) is 3. The Balaban J connectivity index is 2.16. The fraction of sp³-hybridized carbons (Fsp3) is 0.556. The fourth-order valence-corrected chi connectivity index (χ4v) is 3.31. The molecule has 0 saturated carbocycles. The molecule has 4 N–H and O–H groups in total. The van der Waals surface area contributed by atoms with Gasteiger partial charge >= 0.3 is 17.7 Å². The molecule has 0 aliphatic carbocycles. The minimum atomic E-state index is -1.94. The number of aliphatic hydroxyl groups is 3. The molecule has 0 bridgehead atoms. The van der Waals surface area contributed by atoms with Crippen molar-refractivity contribution in [2.24, 2.45) is 0 Å². The highest BCUT2D eigenvalue weighted by Crippen LogP contribution is 2.32. The van der Waals surface area contributed by atoms with Crippen LogP contribution in [0.15, 0.2) is 18.2 Å². The van der Waals surface area contributed by atoms with Gasteiger partial charge in [-0.15, -0.1) is 23.2 Å². The molecule has 2 rings (SSSR count). The number of alkyl halides is 2. The number of nitro benzene ring substituents is 1. The molecule has 0 spiro atoms. The van der Waals surface area contributed by atoms with E-state index in [1.54, 1.807) is 0 Å². The predicted molar refractivity (Wildman–Crippen MR) is 111 cm³/mol. The van der Waals surface area contributed by atoms with E-state index in [0.717, 1.165) is 12.1 Å². The number of aliphatic carboxylic acids is 1. The van der Waals surface area contributed by atoms with E-state index in [9.17, 15) is 35.0 Å². The van der Waals surface area contributed by atoms with E-state index in [4.69, 9.17) is 42.5 Å². The van der Waals surface area contributed by atoms with Crippen LogP contribution < -0.4 is 4.74 Å². The van der Waals surface area contributed by atoms with Crippen molar-refractivity contribution in [1.82, 2.24) is 4.90 Å². The monoisotopic (exact) mass is 512 g/mol. The molecule has 1 aliphatic rings. The van der Waals surface area contributed by atoms with Gasteiger partial charge in [0.25, 0.3) is 0 Å². The standard InChI is InChI=1S/C18H22Cl2N2O11/c19-3-5-21(6-4-20)18(28)31-8-9-1-2-11(10(7-9)22(29)30)32-17-14(25)12(23)13(24)15(33-17)16(26)27/h1-2,7,12-15,17,23-25H,3-6,8H2,(H,26,27)/t12-,13-,14-,15+,17+/m0/s1. The molecule has 1 amide bonds. The molecule has 13 nitrogen and oxygen atoms in total. The van der Waals surface area contributed by atoms with Gasteiger partial charge in [0.05, 0.1) is 4.92 Å². The molecule has 33 heavy (non-hydrogen) atoms. The van der Waals surface area contributed by atoms with Crippen LogP contribution in [-0.4, -0.2) is 97.9 Å². The number of rotatable bonds is 10. The summed E-state index contributed by atoms with van der Waals surface area (Å²) in [5.41, 5.74) is -0.381. The molecule has 1 heterocycles. The molecule has 0 aromatic heterocycles. The molecule has 1 aliphatic heterocycles. The van der Waals surface area contributed by atoms with Crippen LogP contribution in [0.5, 0.6) is 5.75 Å². The molecule has 184 valence electrons. The van der Waals surface area contributed by atoms with E-state index >= 15 is 0 Å². The Morgan fingerprint density at radius 2 is 1.76 bits per heavy atom. The molecule has 1 fully saturated rings. The van der Waals surface area contributed by atoms with Crippen molar-refractivity contribution in [1.29, 1.82) is 0 Å². The molecule has 1 aromatic rings. The zero-order valence-electron chi connectivity index (χ0n) is 17.0. The van der Waals surface area contributed by atoms with Gasteiger partial charge in [-0.1, -0.05) is 6.07 Å². The number of nitrogens with zero attached hydrogens (tertiary/aromatic N) is 2. The normalized spacial score (nSPS) is 24.7. The molecule has 15 heteroatoms. The predicted octanol–water partition coefficient (Wildman–Crippen LogP) is 0.282. The van der Waals surface area contributed by atoms with Crippen molar-refractivity contribution in [2.45, 2.75) is 37.3 Å². The van der Waals surface area contributed by atoms with Crippen LogP contribution in [0.4, 0.5) is 10.5 Å². The number of nitro groups is 1. The van der Waals surface area contributed by atoms with E-state index in [1.165, 1.54) is 11.0 Å². The van der Waals surface area contributed by atoms with Gasteiger partial charge in [0.15, 0.2) is 11.9 Å². The summed E-state index contributed by atoms with van der Waals surface area (Å²) < 4.78 is 15.3. The van der Waals surface area contributed by atoms with Crippen LogP contribution in [0.3, 0.4) is 0 Å². The highest BCUT2D eigenvalue weighted by Gasteiger charge is 2.48. The van der Waals surface area contributed by atoms with Gasteiger partial charge in [0, 0.05) is 30.9 Å². The lowest BCUT2D eigenvalue weighted by Gasteiger charge is -2.38. The third-order valence-electron chi connectivity index (χ3n) is 4.61. The SMILES string of the molecule is O=C(O)[C@@H]1O[C@@H](Oc2ccc(COC(=O)N(CCCl)CCCl)cc2[N+](=O)[O-])[C@@H](O)[C@@H](O)[C@@H]1O. The maximum Gasteiger partial charge on any atom is 0.410 e. The molecule has 1 saturated heterocycles. The first kappa shape index (κ1) is 26.8. The molecule has 0 unspecified atom stereocenters. The number of carbonyl (C=O) groups is 2. The van der Waals surface area contributed by atoms with Gasteiger partial charge in [-0.3, -0.25) is 10.1 Å². The second-order valence-corrected chi connectivity index (χ2v) is 7.59. The Hall–Kier alpha value is -2.42. The topological polar surface area (TPSA) is 189 Å². The van der Waals surface area contributed by atoms with Crippen molar-refractivity contribution >= 4 is 41.0 Å². The zero-order chi connectivity index (χ0) is 24.7. The average molecular weight is 513 g/mol. The molecule has 0 radical (unpaired) electrons. The summed E-state index contributed by atoms with van der Waals surface area (Å²) in [4.78, 5) is 35.3. The van der Waals surface area contributed by atoms with E-state index in [0.29, 0.717) is 0 Å². The minimum Gasteiger partial charge on any atom is -0.479 e. The summed E-state index contributed by atoms with van der Waals surface area (Å²) in [5.74, 6) is -1.73. The van der Waals surface area contributed by atoms with Crippen molar-refractivity contribution in [2.75, 3.05) is 24.8 Å². The second kappa shape index (κ2) is 12.2. The summed E-state index contributed by atoms with van der Waals surface area (Å²) >= 11 is 11.3. The van der Waals surface area contributed by atoms with E-state index < -0.39 is 59.1 Å². The number of halogens is 2. The summed E-state index contributed by atoms with van der Waals surface area (Å²) in [6.45, 7) is 0.0683. The van der Waals surface area contributed by atoms with E-state index in [1.807, 2.05) is 0 Å². The van der Waals surface area contributed by atoms with Crippen molar-refractivity contribution in [3.8, 4) is 5.75 Å². The third kappa shape index (κ3) is 6.79. The third-order valence-corrected chi connectivity index (χ3v) is 4.94. The van der Waals surface area contributed by atoms with Crippen LogP contribution in [0.2, 0.25) is 0 Å². The summed E-state index contributed by atoms with van der Waals surface area (Å²) in [5, 5.41) is 50.2. The molecule has 5 atom stereocenters. The number of carbonyl (C=O) groups excluding carboxylic acids is 1. The number of amides is 1. The van der Waals surface area contributed by atoms with Gasteiger partial charge < -0.3 is 39.5 Å². The Bertz CT molecular complexity index is 853. The Morgan fingerprint density at radius 1 is 1.12 bits per heavy atom. The lowest BCUT2D eigenvalue weighted by Crippen LogP contribution is -2.61. The second-order valence-electron chi connectivity index (χ2n) is 6.83. The van der Waals surface area contributed by atoms with Crippen LogP contribution in [0, 0.1) is 10.1 Å². The van der Waals surface area contributed by atoms with Crippen LogP contribution >= 0.6 is 23.2 Å². The van der Waals surface area contributed by atoms with Crippen LogP contribution in [0.1, 0.15) is 5.56 Å². The fourth-order valence-electron chi connectivity index (χ4n) is 2.90. The summed E-state index contributed by atoms with van der Waals surface area (Å²) in [6.07, 6.45) is -10.3. The quantitative estimate of drug-likeness (QED) is 0.191. The minimum absolute atomic E-state index is 0.160. The smallest absolute Gasteiger partial charge is 0.410 e. The summed E-state index contributed by atoms with van der Waals surface area (Å²) in [6, 6.07) is 3.50. The first-order valence-electron chi connectivity index (χ1n) is 9.50. The van der Waals surface area contributed by atoms with Crippen molar-refractivity contribution in [3.05, 3.63) is 33.9 Å². The maximum absolute atomic E-state index is 12.1. The van der Waals surface area contributed by atoms with Gasteiger partial charge in [0.1, 0.15) is 24.9 Å². The van der Waals surface area contributed by atoms with Crippen molar-refractivity contribution < 1.29 is 49.1 Å². The number of carboxylic acids is 1. The zero-order valence-corrected chi connectivity index (χ0v) is 18.5. The maximum atomic E-state index is 12.1. The van der Waals surface area contributed by atoms with Crippen LogP contribution in [0.25, 0.3) is 0 Å². The largest absolute Gasteiger partial charge is 0.479 e. The molecular formula is C18H22Cl2N2O11. The Morgan fingerprint density at radius 3 is 2.30 bits per heavy atom. The Kier molecular flexibility index (Phi) is 9.88. The van der Waals surface area contributed by atoms with E-state index in [2.05, 4.69) is 0 Å². The number of hydrogen-bond donors (Lipinski definition) is 4. The average Bonchev–Trinajstić information content (AvgIpc) is 2.77. The first-order valence-corrected chi connectivity index (χ1v) is 10.6. The number of aliphatic hydroxyl groups excluding tert-OH is 3. The van der Waals surface area contributed by atoms with Gasteiger partial charge in [-0.2, -0.15) is 0 Å². The van der Waals surface area contributed by atoms with Crippen LogP contribution in [-0.2, 0) is 20.9 Å².